The van der Waals surface area contributed by atoms with Gasteiger partial charge in [0.1, 0.15) is 11.6 Å². The van der Waals surface area contributed by atoms with Crippen molar-refractivity contribution in [2.24, 2.45) is 0 Å². The monoisotopic (exact) mass is 230 g/mol. The fourth-order valence-corrected chi connectivity index (χ4v) is 1.37. The van der Waals surface area contributed by atoms with Gasteiger partial charge >= 0.3 is 0 Å². The second-order valence-corrected chi connectivity index (χ2v) is 3.70. The summed E-state index contributed by atoms with van der Waals surface area (Å²) >= 11 is 0. The molecule has 0 amide bonds. The van der Waals surface area contributed by atoms with Crippen LogP contribution in [0.4, 0.5) is 17.6 Å². The van der Waals surface area contributed by atoms with Gasteiger partial charge in [0, 0.05) is 24.5 Å². The summed E-state index contributed by atoms with van der Waals surface area (Å²) in [6, 6.07) is 5.60. The van der Waals surface area contributed by atoms with Gasteiger partial charge < -0.3 is 16.8 Å². The molecule has 0 spiro atoms. The number of aryl methyl sites for hydroxylation is 1. The normalized spacial score (nSPS) is 10.2. The highest BCUT2D eigenvalue weighted by Crippen LogP contribution is 2.10. The molecule has 0 aliphatic rings. The van der Waals surface area contributed by atoms with Gasteiger partial charge in [0.05, 0.1) is 0 Å². The van der Waals surface area contributed by atoms with E-state index in [0.717, 1.165) is 11.3 Å². The van der Waals surface area contributed by atoms with Crippen molar-refractivity contribution in [3.63, 3.8) is 0 Å². The van der Waals surface area contributed by atoms with Crippen molar-refractivity contribution in [1.82, 2.24) is 15.0 Å². The lowest BCUT2D eigenvalue weighted by atomic mass is 10.2. The number of hydrogen-bond donors (Lipinski definition) is 3. The topological polar surface area (TPSA) is 103 Å². The number of hydrogen-bond acceptors (Lipinski definition) is 6. The molecule has 0 atom stereocenters. The summed E-state index contributed by atoms with van der Waals surface area (Å²) in [6.45, 7) is 2.56. The van der Waals surface area contributed by atoms with Crippen LogP contribution in [-0.4, -0.2) is 15.0 Å². The summed E-state index contributed by atoms with van der Waals surface area (Å²) in [4.78, 5) is 12.0. The molecule has 0 aliphatic heterocycles. The van der Waals surface area contributed by atoms with Crippen LogP contribution < -0.4 is 16.8 Å². The van der Waals surface area contributed by atoms with Gasteiger partial charge in [0.2, 0.25) is 5.95 Å². The highest BCUT2D eigenvalue weighted by atomic mass is 15.1. The van der Waals surface area contributed by atoms with Crippen LogP contribution in [0.5, 0.6) is 0 Å². The van der Waals surface area contributed by atoms with Crippen molar-refractivity contribution >= 4 is 17.6 Å². The van der Waals surface area contributed by atoms with Crippen LogP contribution in [-0.2, 0) is 6.54 Å². The van der Waals surface area contributed by atoms with E-state index in [0.29, 0.717) is 18.2 Å². The maximum Gasteiger partial charge on any atom is 0.223 e. The highest BCUT2D eigenvalue weighted by molar-refractivity contribution is 5.48. The number of rotatable bonds is 3. The Balaban J connectivity index is 2.04. The van der Waals surface area contributed by atoms with Crippen molar-refractivity contribution in [2.75, 3.05) is 16.8 Å². The van der Waals surface area contributed by atoms with E-state index in [1.54, 1.807) is 6.07 Å². The molecule has 6 nitrogen and oxygen atoms in total. The molecule has 6 heteroatoms. The number of pyridine rings is 1. The molecule has 0 saturated carbocycles. The minimum absolute atomic E-state index is 0.162. The molecule has 0 radical (unpaired) electrons. The zero-order valence-corrected chi connectivity index (χ0v) is 9.51. The van der Waals surface area contributed by atoms with E-state index in [-0.39, 0.29) is 5.95 Å². The van der Waals surface area contributed by atoms with Gasteiger partial charge in [0.15, 0.2) is 0 Å². The molecule has 0 saturated heterocycles. The first-order chi connectivity index (χ1) is 8.13. The first-order valence-electron chi connectivity index (χ1n) is 5.19. The number of nitrogens with one attached hydrogen (secondary N) is 1. The lowest BCUT2D eigenvalue weighted by Crippen LogP contribution is -2.06. The van der Waals surface area contributed by atoms with Crippen LogP contribution >= 0.6 is 0 Å². The lowest BCUT2D eigenvalue weighted by molar-refractivity contribution is 1.06. The van der Waals surface area contributed by atoms with Gasteiger partial charge in [-0.05, 0) is 18.6 Å². The standard InChI is InChI=1S/C11H14N6/c1-7-2-3-8(5-14-7)6-15-10-4-9(12)16-11(13)17-10/h2-5H,6H2,1H3,(H5,12,13,15,16,17). The van der Waals surface area contributed by atoms with Crippen LogP contribution in [0.15, 0.2) is 24.4 Å². The largest absolute Gasteiger partial charge is 0.383 e. The Morgan fingerprint density at radius 3 is 2.71 bits per heavy atom. The second kappa shape index (κ2) is 4.65. The van der Waals surface area contributed by atoms with Gasteiger partial charge in [-0.15, -0.1) is 0 Å². The average molecular weight is 230 g/mol. The van der Waals surface area contributed by atoms with Crippen molar-refractivity contribution in [2.45, 2.75) is 13.5 Å². The van der Waals surface area contributed by atoms with E-state index in [1.165, 1.54) is 0 Å². The third-order valence-corrected chi connectivity index (χ3v) is 2.21. The first-order valence-corrected chi connectivity index (χ1v) is 5.19. The van der Waals surface area contributed by atoms with Crippen molar-refractivity contribution in [1.29, 1.82) is 0 Å². The molecule has 0 aromatic carbocycles. The number of nitrogens with zero attached hydrogens (tertiary/aromatic N) is 3. The molecular formula is C11H14N6. The minimum atomic E-state index is 0.162. The van der Waals surface area contributed by atoms with Gasteiger partial charge in [-0.2, -0.15) is 9.97 Å². The number of anilines is 3. The molecule has 2 rings (SSSR count). The number of nitrogens with two attached hydrogens (primary N) is 2. The summed E-state index contributed by atoms with van der Waals surface area (Å²) in [5, 5.41) is 3.11. The van der Waals surface area contributed by atoms with Gasteiger partial charge in [-0.25, -0.2) is 0 Å². The Kier molecular flexibility index (Phi) is 3.04. The van der Waals surface area contributed by atoms with E-state index in [2.05, 4.69) is 20.3 Å². The Morgan fingerprint density at radius 2 is 2.06 bits per heavy atom. The smallest absolute Gasteiger partial charge is 0.223 e. The third kappa shape index (κ3) is 3.04. The Hall–Kier alpha value is -2.37. The Bertz CT molecular complexity index is 488. The van der Waals surface area contributed by atoms with Crippen molar-refractivity contribution < 1.29 is 0 Å². The van der Waals surface area contributed by atoms with Crippen LogP contribution in [0.1, 0.15) is 11.3 Å². The van der Waals surface area contributed by atoms with Crippen LogP contribution in [0, 0.1) is 6.92 Å². The summed E-state index contributed by atoms with van der Waals surface area (Å²) in [6.07, 6.45) is 1.82. The minimum Gasteiger partial charge on any atom is -0.383 e. The lowest BCUT2D eigenvalue weighted by Gasteiger charge is -2.06. The summed E-state index contributed by atoms with van der Waals surface area (Å²) in [5.74, 6) is 1.12. The summed E-state index contributed by atoms with van der Waals surface area (Å²) in [7, 11) is 0. The maximum atomic E-state index is 5.56. The van der Waals surface area contributed by atoms with Gasteiger partial charge in [-0.3, -0.25) is 4.98 Å². The highest BCUT2D eigenvalue weighted by Gasteiger charge is 1.99. The fourth-order valence-electron chi connectivity index (χ4n) is 1.37. The molecule has 2 aromatic rings. The SMILES string of the molecule is Cc1ccc(CNc2cc(N)nc(N)n2)cn1. The van der Waals surface area contributed by atoms with Gasteiger partial charge in [0.25, 0.3) is 0 Å². The number of aromatic nitrogens is 3. The molecular weight excluding hydrogens is 216 g/mol. The quantitative estimate of drug-likeness (QED) is 0.725. The van der Waals surface area contributed by atoms with Crippen LogP contribution in [0.2, 0.25) is 0 Å². The summed E-state index contributed by atoms with van der Waals surface area (Å²) in [5.41, 5.74) is 13.1. The fraction of sp³-hybridized carbons (Fsp3) is 0.182. The predicted molar refractivity (Wildman–Crippen MR) is 67.2 cm³/mol. The average Bonchev–Trinajstić information content (AvgIpc) is 2.27. The van der Waals surface area contributed by atoms with Gasteiger partial charge in [-0.1, -0.05) is 6.07 Å². The predicted octanol–water partition coefficient (Wildman–Crippen LogP) is 0.957. The third-order valence-electron chi connectivity index (χ3n) is 2.21. The zero-order chi connectivity index (χ0) is 12.3. The van der Waals surface area contributed by atoms with E-state index < -0.39 is 0 Å². The first kappa shape index (κ1) is 11.1. The molecule has 0 unspecified atom stereocenters. The molecule has 0 aliphatic carbocycles. The molecule has 0 bridgehead atoms. The van der Waals surface area contributed by atoms with Crippen molar-refractivity contribution in [3.8, 4) is 0 Å². The van der Waals surface area contributed by atoms with Crippen molar-refractivity contribution in [3.05, 3.63) is 35.7 Å². The maximum absolute atomic E-state index is 5.56. The Morgan fingerprint density at radius 1 is 1.24 bits per heavy atom. The summed E-state index contributed by atoms with van der Waals surface area (Å²) < 4.78 is 0. The van der Waals surface area contributed by atoms with E-state index in [4.69, 9.17) is 11.5 Å². The number of nitrogen functional groups attached to an aromatic ring is 2. The Labute approximate surface area is 99.1 Å². The van der Waals surface area contributed by atoms with Crippen LogP contribution in [0.3, 0.4) is 0 Å². The second-order valence-electron chi connectivity index (χ2n) is 3.70. The zero-order valence-electron chi connectivity index (χ0n) is 9.51. The molecule has 5 N–H and O–H groups in total. The van der Waals surface area contributed by atoms with Crippen LogP contribution in [0.25, 0.3) is 0 Å². The van der Waals surface area contributed by atoms with E-state index in [9.17, 15) is 0 Å². The molecule has 2 aromatic heterocycles. The molecule has 17 heavy (non-hydrogen) atoms. The molecule has 88 valence electrons. The van der Waals surface area contributed by atoms with E-state index >= 15 is 0 Å². The van der Waals surface area contributed by atoms with E-state index in [1.807, 2.05) is 25.3 Å². The molecule has 0 fully saturated rings. The molecule has 2 heterocycles.